The van der Waals surface area contributed by atoms with Crippen molar-refractivity contribution in [3.05, 3.63) is 23.3 Å². The molecule has 1 heterocycles. The predicted octanol–water partition coefficient (Wildman–Crippen LogP) is 1.06. The van der Waals surface area contributed by atoms with Crippen LogP contribution in [-0.4, -0.2) is 43.2 Å². The average molecular weight is 245 g/mol. The van der Waals surface area contributed by atoms with Gasteiger partial charge in [0.1, 0.15) is 0 Å². The number of nitrogens with zero attached hydrogens (tertiary/aromatic N) is 1. The summed E-state index contributed by atoms with van der Waals surface area (Å²) in [6.07, 6.45) is 3.33. The average Bonchev–Trinajstić information content (AvgIpc) is 2.33. The number of amides is 1. The van der Waals surface area contributed by atoms with Crippen LogP contribution in [0.5, 0.6) is 0 Å². The first-order chi connectivity index (χ1) is 7.70. The molecule has 3 nitrogen and oxygen atoms in total. The third-order valence-corrected chi connectivity index (χ3v) is 3.20. The van der Waals surface area contributed by atoms with E-state index in [1.165, 1.54) is 6.08 Å². The summed E-state index contributed by atoms with van der Waals surface area (Å²) in [4.78, 5) is 13.7. The van der Waals surface area contributed by atoms with Gasteiger partial charge in [-0.25, -0.2) is 4.39 Å². The van der Waals surface area contributed by atoms with Gasteiger partial charge >= 0.3 is 0 Å². The molecule has 0 bridgehead atoms. The van der Waals surface area contributed by atoms with E-state index in [0.29, 0.717) is 13.1 Å². The first-order valence-corrected chi connectivity index (χ1v) is 5.75. The highest BCUT2D eigenvalue weighted by Gasteiger charge is 2.33. The molecule has 5 heteroatoms. The van der Waals surface area contributed by atoms with Crippen LogP contribution in [-0.2, 0) is 4.79 Å². The van der Waals surface area contributed by atoms with Crippen molar-refractivity contribution in [1.29, 1.82) is 0 Å². The number of hydrogen-bond donors (Lipinski definition) is 1. The molecular weight excluding hydrogens is 231 g/mol. The Balaban J connectivity index is 2.04. The summed E-state index contributed by atoms with van der Waals surface area (Å²) >= 11 is 5.70. The van der Waals surface area contributed by atoms with Crippen molar-refractivity contribution < 1.29 is 9.18 Å². The maximum absolute atomic E-state index is 13.7. The summed E-state index contributed by atoms with van der Waals surface area (Å²) in [7, 11) is 0. The summed E-state index contributed by atoms with van der Waals surface area (Å²) in [6.45, 7) is 2.81. The van der Waals surface area contributed by atoms with Crippen LogP contribution in [0.1, 0.15) is 0 Å². The molecule has 1 saturated heterocycles. The number of piperazine rings is 1. The lowest BCUT2D eigenvalue weighted by atomic mass is 9.97. The molecule has 2 atom stereocenters. The van der Waals surface area contributed by atoms with Gasteiger partial charge in [0.15, 0.2) is 6.17 Å². The molecule has 1 aliphatic heterocycles. The first-order valence-electron chi connectivity index (χ1n) is 5.37. The van der Waals surface area contributed by atoms with Gasteiger partial charge < -0.3 is 10.2 Å². The van der Waals surface area contributed by atoms with Gasteiger partial charge in [-0.2, -0.15) is 0 Å². The van der Waals surface area contributed by atoms with Crippen LogP contribution in [0, 0.1) is 5.92 Å². The number of carbonyl (C=O) groups excluding carboxylic acids is 1. The van der Waals surface area contributed by atoms with E-state index in [9.17, 15) is 9.18 Å². The Hall–Kier alpha value is -0.870. The van der Waals surface area contributed by atoms with Crippen molar-refractivity contribution in [2.24, 2.45) is 5.92 Å². The molecule has 0 radical (unpaired) electrons. The Labute approximate surface area is 98.9 Å². The third kappa shape index (κ3) is 2.28. The van der Waals surface area contributed by atoms with Gasteiger partial charge in [-0.3, -0.25) is 4.79 Å². The number of rotatable bonds is 1. The SMILES string of the molecule is O=C(C1C=CC=C(Cl)C1F)N1CCNCC1. The van der Waals surface area contributed by atoms with Crippen LogP contribution in [0.2, 0.25) is 0 Å². The van der Waals surface area contributed by atoms with Gasteiger partial charge in [-0.15, -0.1) is 0 Å². The largest absolute Gasteiger partial charge is 0.340 e. The van der Waals surface area contributed by atoms with Crippen molar-refractivity contribution in [3.8, 4) is 0 Å². The smallest absolute Gasteiger partial charge is 0.232 e. The molecule has 1 N–H and O–H groups in total. The van der Waals surface area contributed by atoms with Crippen LogP contribution >= 0.6 is 11.6 Å². The molecular formula is C11H14ClFN2O. The number of allylic oxidation sites excluding steroid dienone is 3. The monoisotopic (exact) mass is 244 g/mol. The van der Waals surface area contributed by atoms with E-state index in [1.807, 2.05) is 0 Å². The third-order valence-electron chi connectivity index (χ3n) is 2.87. The lowest BCUT2D eigenvalue weighted by Crippen LogP contribution is -2.49. The van der Waals surface area contributed by atoms with Gasteiger partial charge in [-0.05, 0) is 6.08 Å². The number of carbonyl (C=O) groups is 1. The second kappa shape index (κ2) is 4.97. The quantitative estimate of drug-likeness (QED) is 0.748. The fraction of sp³-hybridized carbons (Fsp3) is 0.545. The fourth-order valence-electron chi connectivity index (χ4n) is 1.93. The minimum absolute atomic E-state index is 0.107. The van der Waals surface area contributed by atoms with Crippen molar-refractivity contribution in [1.82, 2.24) is 10.2 Å². The summed E-state index contributed by atoms with van der Waals surface area (Å²) in [5.74, 6) is -0.924. The van der Waals surface area contributed by atoms with Gasteiger partial charge in [0.2, 0.25) is 5.91 Å². The number of nitrogens with one attached hydrogen (secondary N) is 1. The Bertz CT molecular complexity index is 337. The van der Waals surface area contributed by atoms with Crippen molar-refractivity contribution in [2.75, 3.05) is 26.2 Å². The molecule has 1 fully saturated rings. The Kier molecular flexibility index (Phi) is 3.61. The van der Waals surface area contributed by atoms with Crippen molar-refractivity contribution in [3.63, 3.8) is 0 Å². The highest BCUT2D eigenvalue weighted by atomic mass is 35.5. The van der Waals surface area contributed by atoms with E-state index in [1.54, 1.807) is 17.1 Å². The first kappa shape index (κ1) is 11.6. The van der Waals surface area contributed by atoms with Crippen LogP contribution in [0.4, 0.5) is 4.39 Å². The Morgan fingerprint density at radius 1 is 1.50 bits per heavy atom. The minimum atomic E-state index is -1.39. The molecule has 0 spiro atoms. The molecule has 1 amide bonds. The topological polar surface area (TPSA) is 32.3 Å². The van der Waals surface area contributed by atoms with Gasteiger partial charge in [0, 0.05) is 26.2 Å². The lowest BCUT2D eigenvalue weighted by Gasteiger charge is -2.31. The maximum atomic E-state index is 13.7. The van der Waals surface area contributed by atoms with E-state index < -0.39 is 12.1 Å². The fourth-order valence-corrected chi connectivity index (χ4v) is 2.14. The van der Waals surface area contributed by atoms with Gasteiger partial charge in [0.05, 0.1) is 11.0 Å². The van der Waals surface area contributed by atoms with Crippen LogP contribution in [0.15, 0.2) is 23.3 Å². The summed E-state index contributed by atoms with van der Waals surface area (Å²) < 4.78 is 13.7. The van der Waals surface area contributed by atoms with E-state index in [2.05, 4.69) is 5.32 Å². The molecule has 88 valence electrons. The highest BCUT2D eigenvalue weighted by molar-refractivity contribution is 6.30. The second-order valence-corrected chi connectivity index (χ2v) is 4.38. The predicted molar refractivity (Wildman–Crippen MR) is 60.9 cm³/mol. The van der Waals surface area contributed by atoms with Gasteiger partial charge in [-0.1, -0.05) is 23.8 Å². The van der Waals surface area contributed by atoms with Crippen LogP contribution in [0.3, 0.4) is 0 Å². The molecule has 0 aromatic heterocycles. The van der Waals surface area contributed by atoms with E-state index in [-0.39, 0.29) is 10.9 Å². The minimum Gasteiger partial charge on any atom is -0.340 e. The van der Waals surface area contributed by atoms with Crippen LogP contribution < -0.4 is 5.32 Å². The molecule has 1 aliphatic carbocycles. The Morgan fingerprint density at radius 3 is 2.88 bits per heavy atom. The number of alkyl halides is 1. The highest BCUT2D eigenvalue weighted by Crippen LogP contribution is 2.27. The standard InChI is InChI=1S/C11H14ClFN2O/c12-9-3-1-2-8(10(9)13)11(16)15-6-4-14-5-7-15/h1-3,8,10,14H,4-7H2. The molecule has 2 aliphatic rings. The van der Waals surface area contributed by atoms with Crippen LogP contribution in [0.25, 0.3) is 0 Å². The molecule has 0 aromatic carbocycles. The zero-order valence-corrected chi connectivity index (χ0v) is 9.58. The van der Waals surface area contributed by atoms with E-state index in [4.69, 9.17) is 11.6 Å². The maximum Gasteiger partial charge on any atom is 0.232 e. The van der Waals surface area contributed by atoms with Crippen molar-refractivity contribution >= 4 is 17.5 Å². The summed E-state index contributed by atoms with van der Waals surface area (Å²) in [5.41, 5.74) is 0. The van der Waals surface area contributed by atoms with E-state index >= 15 is 0 Å². The Morgan fingerprint density at radius 2 is 2.19 bits per heavy atom. The number of halogens is 2. The molecule has 2 rings (SSSR count). The normalized spacial score (nSPS) is 30.1. The van der Waals surface area contributed by atoms with E-state index in [0.717, 1.165) is 13.1 Å². The summed E-state index contributed by atoms with van der Waals surface area (Å²) in [6, 6.07) is 0. The second-order valence-electron chi connectivity index (χ2n) is 3.94. The summed E-state index contributed by atoms with van der Waals surface area (Å²) in [5, 5.41) is 3.26. The zero-order chi connectivity index (χ0) is 11.5. The molecule has 0 saturated carbocycles. The van der Waals surface area contributed by atoms with Crippen molar-refractivity contribution in [2.45, 2.75) is 6.17 Å². The number of hydrogen-bond acceptors (Lipinski definition) is 2. The zero-order valence-electron chi connectivity index (χ0n) is 8.83. The van der Waals surface area contributed by atoms with Gasteiger partial charge in [0.25, 0.3) is 0 Å². The molecule has 2 unspecified atom stereocenters. The molecule has 16 heavy (non-hydrogen) atoms. The molecule has 0 aromatic rings. The lowest BCUT2D eigenvalue weighted by molar-refractivity contribution is -0.135.